The number of fused-ring (bicyclic) bond motifs is 1. The van der Waals surface area contributed by atoms with E-state index in [2.05, 4.69) is 5.32 Å². The molecule has 1 aliphatic rings. The first kappa shape index (κ1) is 17.2. The third-order valence-electron chi connectivity index (χ3n) is 4.49. The molecule has 1 aromatic rings. The predicted molar refractivity (Wildman–Crippen MR) is 89.6 cm³/mol. The van der Waals surface area contributed by atoms with E-state index in [-0.39, 0.29) is 29.9 Å². The van der Waals surface area contributed by atoms with Crippen molar-refractivity contribution in [3.63, 3.8) is 0 Å². The van der Waals surface area contributed by atoms with E-state index in [1.165, 1.54) is 0 Å². The molecule has 0 saturated heterocycles. The molecule has 0 saturated carbocycles. The number of carbonyl (C=O) groups is 3. The summed E-state index contributed by atoms with van der Waals surface area (Å²) in [5, 5.41) is 2.83. The van der Waals surface area contributed by atoms with Gasteiger partial charge < -0.3 is 10.2 Å². The van der Waals surface area contributed by atoms with Crippen LogP contribution >= 0.6 is 0 Å². The molecule has 2 rings (SSSR count). The average molecular weight is 316 g/mol. The first-order valence-electron chi connectivity index (χ1n) is 8.18. The Kier molecular flexibility index (Phi) is 5.53. The minimum absolute atomic E-state index is 0.0142. The maximum Gasteiger partial charge on any atom is 0.231 e. The summed E-state index contributed by atoms with van der Waals surface area (Å²) in [4.78, 5) is 37.4. The molecule has 0 bridgehead atoms. The van der Waals surface area contributed by atoms with Crippen LogP contribution in [0.15, 0.2) is 18.2 Å². The second-order valence-corrected chi connectivity index (χ2v) is 5.95. The number of hydrogen-bond acceptors (Lipinski definition) is 3. The minimum Gasteiger partial charge on any atom is -0.355 e. The molecule has 0 atom stereocenters. The zero-order valence-corrected chi connectivity index (χ0v) is 14.0. The van der Waals surface area contributed by atoms with E-state index in [0.717, 1.165) is 24.1 Å². The van der Waals surface area contributed by atoms with E-state index in [9.17, 15) is 14.4 Å². The highest BCUT2D eigenvalue weighted by Gasteiger charge is 2.24. The van der Waals surface area contributed by atoms with E-state index in [1.54, 1.807) is 24.1 Å². The fourth-order valence-corrected chi connectivity index (χ4v) is 2.89. The van der Waals surface area contributed by atoms with E-state index in [1.807, 2.05) is 19.9 Å². The SMILES string of the molecule is CCC(CC)C(=O)NCCC(=O)c1ccc2c(c1)CC(=O)N2C. The Balaban J connectivity index is 1.91. The molecule has 1 heterocycles. The number of Topliss-reactive ketones (excluding diaryl/α,β-unsaturated/α-hetero) is 1. The molecule has 0 spiro atoms. The van der Waals surface area contributed by atoms with Crippen molar-refractivity contribution in [1.29, 1.82) is 0 Å². The molecule has 23 heavy (non-hydrogen) atoms. The van der Waals surface area contributed by atoms with E-state index in [0.29, 0.717) is 18.5 Å². The Labute approximate surface area is 137 Å². The maximum atomic E-state index is 12.2. The van der Waals surface area contributed by atoms with Gasteiger partial charge in [0, 0.05) is 37.2 Å². The molecular weight excluding hydrogens is 292 g/mol. The molecule has 1 aliphatic heterocycles. The molecular formula is C18H24N2O3. The van der Waals surface area contributed by atoms with Crippen molar-refractivity contribution in [1.82, 2.24) is 5.32 Å². The summed E-state index contributed by atoms with van der Waals surface area (Å²) in [6.07, 6.45) is 2.23. The summed E-state index contributed by atoms with van der Waals surface area (Å²) in [5.41, 5.74) is 2.36. The Hall–Kier alpha value is -2.17. The maximum absolute atomic E-state index is 12.2. The van der Waals surface area contributed by atoms with E-state index >= 15 is 0 Å². The number of benzene rings is 1. The monoisotopic (exact) mass is 316 g/mol. The average Bonchev–Trinajstić information content (AvgIpc) is 2.82. The number of amides is 2. The third kappa shape index (κ3) is 3.78. The fraction of sp³-hybridized carbons (Fsp3) is 0.500. The molecule has 2 amide bonds. The van der Waals surface area contributed by atoms with Crippen molar-refractivity contribution in [3.8, 4) is 0 Å². The summed E-state index contributed by atoms with van der Waals surface area (Å²) in [7, 11) is 1.74. The number of nitrogens with one attached hydrogen (secondary N) is 1. The highest BCUT2D eigenvalue weighted by molar-refractivity contribution is 6.03. The third-order valence-corrected chi connectivity index (χ3v) is 4.49. The molecule has 0 aliphatic carbocycles. The van der Waals surface area contributed by atoms with Gasteiger partial charge in [0.2, 0.25) is 11.8 Å². The molecule has 0 radical (unpaired) electrons. The molecule has 124 valence electrons. The normalized spacial score (nSPS) is 13.4. The minimum atomic E-state index is -0.0142. The van der Waals surface area contributed by atoms with Gasteiger partial charge in [0.25, 0.3) is 0 Å². The van der Waals surface area contributed by atoms with Gasteiger partial charge in [-0.05, 0) is 36.6 Å². The molecule has 0 fully saturated rings. The van der Waals surface area contributed by atoms with Crippen LogP contribution in [-0.2, 0) is 16.0 Å². The number of carbonyl (C=O) groups excluding carboxylic acids is 3. The first-order valence-corrected chi connectivity index (χ1v) is 8.18. The highest BCUT2D eigenvalue weighted by Crippen LogP contribution is 2.28. The van der Waals surface area contributed by atoms with Gasteiger partial charge in [-0.25, -0.2) is 0 Å². The van der Waals surface area contributed by atoms with E-state index in [4.69, 9.17) is 0 Å². The number of nitrogens with zero attached hydrogens (tertiary/aromatic N) is 1. The number of hydrogen-bond donors (Lipinski definition) is 1. The van der Waals surface area contributed by atoms with Gasteiger partial charge in [-0.2, -0.15) is 0 Å². The van der Waals surface area contributed by atoms with Crippen LogP contribution in [-0.4, -0.2) is 31.2 Å². The lowest BCUT2D eigenvalue weighted by molar-refractivity contribution is -0.125. The Morgan fingerprint density at radius 1 is 1.26 bits per heavy atom. The van der Waals surface area contributed by atoms with Crippen LogP contribution in [0.5, 0.6) is 0 Å². The van der Waals surface area contributed by atoms with Gasteiger partial charge in [-0.1, -0.05) is 13.8 Å². The van der Waals surface area contributed by atoms with Crippen molar-refractivity contribution in [2.75, 3.05) is 18.5 Å². The second-order valence-electron chi connectivity index (χ2n) is 5.95. The van der Waals surface area contributed by atoms with Crippen molar-refractivity contribution in [3.05, 3.63) is 29.3 Å². The standard InChI is InChI=1S/C18H24N2O3/c1-4-12(5-2)18(23)19-9-8-16(21)13-6-7-15-14(10-13)11-17(22)20(15)3/h6-7,10,12H,4-5,8-9,11H2,1-3H3,(H,19,23). The quantitative estimate of drug-likeness (QED) is 0.785. The smallest absolute Gasteiger partial charge is 0.231 e. The van der Waals surface area contributed by atoms with Crippen molar-refractivity contribution in [2.24, 2.45) is 5.92 Å². The van der Waals surface area contributed by atoms with Gasteiger partial charge in [0.15, 0.2) is 5.78 Å². The van der Waals surface area contributed by atoms with Gasteiger partial charge in [-0.3, -0.25) is 14.4 Å². The van der Waals surface area contributed by atoms with Crippen molar-refractivity contribution < 1.29 is 14.4 Å². The lowest BCUT2D eigenvalue weighted by Crippen LogP contribution is -2.31. The van der Waals surface area contributed by atoms with Crippen LogP contribution in [0.1, 0.15) is 49.0 Å². The van der Waals surface area contributed by atoms with Gasteiger partial charge in [0.1, 0.15) is 0 Å². The van der Waals surface area contributed by atoms with E-state index < -0.39 is 0 Å². The van der Waals surface area contributed by atoms with Crippen LogP contribution < -0.4 is 10.2 Å². The summed E-state index contributed by atoms with van der Waals surface area (Å²) in [6.45, 7) is 4.33. The largest absolute Gasteiger partial charge is 0.355 e. The Morgan fingerprint density at radius 3 is 2.61 bits per heavy atom. The first-order chi connectivity index (χ1) is 11.0. The lowest BCUT2D eigenvalue weighted by Gasteiger charge is -2.12. The number of anilines is 1. The van der Waals surface area contributed by atoms with Crippen LogP contribution in [0.2, 0.25) is 0 Å². The summed E-state index contributed by atoms with van der Waals surface area (Å²) < 4.78 is 0. The number of rotatable bonds is 7. The van der Waals surface area contributed by atoms with Crippen LogP contribution in [0, 0.1) is 5.92 Å². The Bertz CT molecular complexity index is 621. The van der Waals surface area contributed by atoms with Gasteiger partial charge in [-0.15, -0.1) is 0 Å². The fourth-order valence-electron chi connectivity index (χ4n) is 2.89. The molecule has 5 heteroatoms. The summed E-state index contributed by atoms with van der Waals surface area (Å²) in [5.74, 6) is 0.0669. The Morgan fingerprint density at radius 2 is 1.96 bits per heavy atom. The zero-order valence-electron chi connectivity index (χ0n) is 14.0. The van der Waals surface area contributed by atoms with Crippen LogP contribution in [0.25, 0.3) is 0 Å². The molecule has 1 aromatic carbocycles. The van der Waals surface area contributed by atoms with Crippen LogP contribution in [0.3, 0.4) is 0 Å². The van der Waals surface area contributed by atoms with Crippen molar-refractivity contribution >= 4 is 23.3 Å². The number of likely N-dealkylation sites (N-methyl/N-ethyl adjacent to an activating group) is 1. The van der Waals surface area contributed by atoms with Gasteiger partial charge >= 0.3 is 0 Å². The predicted octanol–water partition coefficient (Wildman–Crippen LogP) is 2.33. The summed E-state index contributed by atoms with van der Waals surface area (Å²) in [6, 6.07) is 5.36. The summed E-state index contributed by atoms with van der Waals surface area (Å²) >= 11 is 0. The van der Waals surface area contributed by atoms with Crippen LogP contribution in [0.4, 0.5) is 5.69 Å². The van der Waals surface area contributed by atoms with Crippen molar-refractivity contribution in [2.45, 2.75) is 39.5 Å². The topological polar surface area (TPSA) is 66.5 Å². The second kappa shape index (κ2) is 7.40. The molecule has 0 aromatic heterocycles. The zero-order chi connectivity index (χ0) is 17.0. The molecule has 0 unspecified atom stereocenters. The highest BCUT2D eigenvalue weighted by atomic mass is 16.2. The lowest BCUT2D eigenvalue weighted by atomic mass is 10.0. The molecule has 1 N–H and O–H groups in total. The van der Waals surface area contributed by atoms with Gasteiger partial charge in [0.05, 0.1) is 6.42 Å². The number of ketones is 1. The molecule has 5 nitrogen and oxygen atoms in total.